The molecule has 4 nitrogen and oxygen atoms in total. The SMILES string of the molecule is Cc1c(Br)cnc(N)c1N1CC(CCl)CC1=O. The van der Waals surface area contributed by atoms with Gasteiger partial charge in [0.1, 0.15) is 5.82 Å². The van der Waals surface area contributed by atoms with Crippen LogP contribution in [0.15, 0.2) is 10.7 Å². The Morgan fingerprint density at radius 3 is 3.00 bits per heavy atom. The summed E-state index contributed by atoms with van der Waals surface area (Å²) in [6.45, 7) is 2.53. The summed E-state index contributed by atoms with van der Waals surface area (Å²) in [6, 6.07) is 0. The Kier molecular flexibility index (Phi) is 3.58. The van der Waals surface area contributed by atoms with Gasteiger partial charge in [-0.25, -0.2) is 4.98 Å². The van der Waals surface area contributed by atoms with Gasteiger partial charge >= 0.3 is 0 Å². The lowest BCUT2D eigenvalue weighted by molar-refractivity contribution is -0.117. The number of nitrogens with zero attached hydrogens (tertiary/aromatic N) is 2. The van der Waals surface area contributed by atoms with Crippen molar-refractivity contribution in [1.29, 1.82) is 0 Å². The summed E-state index contributed by atoms with van der Waals surface area (Å²) in [4.78, 5) is 17.7. The smallest absolute Gasteiger partial charge is 0.227 e. The molecule has 1 fully saturated rings. The van der Waals surface area contributed by atoms with Crippen molar-refractivity contribution >= 4 is 44.9 Å². The third-order valence-electron chi connectivity index (χ3n) is 2.97. The number of nitrogens with two attached hydrogens (primary N) is 1. The molecule has 0 saturated carbocycles. The summed E-state index contributed by atoms with van der Waals surface area (Å²) in [7, 11) is 0. The predicted molar refractivity (Wildman–Crippen MR) is 72.3 cm³/mol. The van der Waals surface area contributed by atoms with E-state index in [-0.39, 0.29) is 11.8 Å². The standard InChI is InChI=1S/C11H13BrClN3O/c1-6-8(12)4-15-11(14)10(6)16-5-7(3-13)2-9(16)17/h4,7H,2-3,5H2,1H3,(H2,14,15). The molecular formula is C11H13BrClN3O. The number of pyridine rings is 1. The highest BCUT2D eigenvalue weighted by Gasteiger charge is 2.32. The molecule has 92 valence electrons. The molecule has 2 N–H and O–H groups in total. The Bertz CT molecular complexity index is 466. The average Bonchev–Trinajstić information content (AvgIpc) is 2.66. The van der Waals surface area contributed by atoms with Gasteiger partial charge in [0.2, 0.25) is 5.91 Å². The van der Waals surface area contributed by atoms with Crippen molar-refractivity contribution < 1.29 is 4.79 Å². The molecule has 17 heavy (non-hydrogen) atoms. The zero-order valence-electron chi connectivity index (χ0n) is 9.41. The fraction of sp³-hybridized carbons (Fsp3) is 0.455. The first kappa shape index (κ1) is 12.6. The first-order chi connectivity index (χ1) is 8.04. The summed E-state index contributed by atoms with van der Waals surface area (Å²) < 4.78 is 0.851. The maximum absolute atomic E-state index is 11.9. The van der Waals surface area contributed by atoms with Crippen molar-refractivity contribution in [3.8, 4) is 0 Å². The van der Waals surface area contributed by atoms with Crippen LogP contribution in [0.4, 0.5) is 11.5 Å². The molecule has 1 aliphatic heterocycles. The number of aromatic nitrogens is 1. The summed E-state index contributed by atoms with van der Waals surface area (Å²) in [5.74, 6) is 1.13. The first-order valence-corrected chi connectivity index (χ1v) is 6.64. The van der Waals surface area contributed by atoms with Gasteiger partial charge in [-0.1, -0.05) is 0 Å². The molecule has 1 atom stereocenters. The van der Waals surface area contributed by atoms with E-state index in [1.165, 1.54) is 0 Å². The van der Waals surface area contributed by atoms with E-state index in [0.717, 1.165) is 10.0 Å². The molecule has 1 amide bonds. The molecule has 0 aromatic carbocycles. The normalized spacial score (nSPS) is 20.1. The zero-order chi connectivity index (χ0) is 12.6. The lowest BCUT2D eigenvalue weighted by atomic mass is 10.1. The number of halogens is 2. The van der Waals surface area contributed by atoms with Crippen LogP contribution in [-0.4, -0.2) is 23.3 Å². The summed E-state index contributed by atoms with van der Waals surface area (Å²) >= 11 is 9.20. The number of nitrogen functional groups attached to an aromatic ring is 1. The fourth-order valence-electron chi connectivity index (χ4n) is 2.03. The van der Waals surface area contributed by atoms with E-state index in [2.05, 4.69) is 20.9 Å². The third kappa shape index (κ3) is 2.26. The Morgan fingerprint density at radius 2 is 2.41 bits per heavy atom. The van der Waals surface area contributed by atoms with Crippen molar-refractivity contribution in [3.63, 3.8) is 0 Å². The van der Waals surface area contributed by atoms with E-state index in [9.17, 15) is 4.79 Å². The first-order valence-electron chi connectivity index (χ1n) is 5.31. The quantitative estimate of drug-likeness (QED) is 0.851. The van der Waals surface area contributed by atoms with E-state index in [0.29, 0.717) is 30.4 Å². The van der Waals surface area contributed by atoms with Crippen molar-refractivity contribution in [1.82, 2.24) is 4.98 Å². The highest BCUT2D eigenvalue weighted by molar-refractivity contribution is 9.10. The number of anilines is 2. The van der Waals surface area contributed by atoms with Gasteiger partial charge in [0.25, 0.3) is 0 Å². The van der Waals surface area contributed by atoms with Gasteiger partial charge in [0.15, 0.2) is 0 Å². The van der Waals surface area contributed by atoms with Gasteiger partial charge in [0.05, 0.1) is 5.69 Å². The molecule has 0 spiro atoms. The van der Waals surface area contributed by atoms with Crippen molar-refractivity contribution in [2.75, 3.05) is 23.1 Å². The summed E-state index contributed by atoms with van der Waals surface area (Å²) in [5.41, 5.74) is 7.50. The van der Waals surface area contributed by atoms with Crippen LogP contribution in [0.5, 0.6) is 0 Å². The second-order valence-corrected chi connectivity index (χ2v) is 5.36. The van der Waals surface area contributed by atoms with Gasteiger partial charge in [-0.15, -0.1) is 11.6 Å². The van der Waals surface area contributed by atoms with Crippen LogP contribution in [0, 0.1) is 12.8 Å². The second-order valence-electron chi connectivity index (χ2n) is 4.19. The maximum Gasteiger partial charge on any atom is 0.227 e. The molecule has 1 saturated heterocycles. The topological polar surface area (TPSA) is 59.2 Å². The highest BCUT2D eigenvalue weighted by atomic mass is 79.9. The number of carbonyl (C=O) groups is 1. The number of alkyl halides is 1. The lowest BCUT2D eigenvalue weighted by Crippen LogP contribution is -2.27. The molecule has 0 bridgehead atoms. The van der Waals surface area contributed by atoms with Gasteiger partial charge in [0, 0.05) is 29.5 Å². The molecule has 1 unspecified atom stereocenters. The van der Waals surface area contributed by atoms with Gasteiger partial charge < -0.3 is 10.6 Å². The molecule has 0 radical (unpaired) electrons. The minimum atomic E-state index is 0.0605. The van der Waals surface area contributed by atoms with E-state index < -0.39 is 0 Å². The Labute approximate surface area is 113 Å². The lowest BCUT2D eigenvalue weighted by Gasteiger charge is -2.20. The number of rotatable bonds is 2. The predicted octanol–water partition coefficient (Wildman–Crippen LogP) is 2.33. The van der Waals surface area contributed by atoms with Crippen molar-refractivity contribution in [3.05, 3.63) is 16.2 Å². The zero-order valence-corrected chi connectivity index (χ0v) is 11.8. The summed E-state index contributed by atoms with van der Waals surface area (Å²) in [6.07, 6.45) is 2.13. The highest BCUT2D eigenvalue weighted by Crippen LogP contribution is 2.35. The molecule has 2 heterocycles. The largest absolute Gasteiger partial charge is 0.382 e. The monoisotopic (exact) mass is 317 g/mol. The van der Waals surface area contributed by atoms with E-state index in [1.807, 2.05) is 6.92 Å². The minimum Gasteiger partial charge on any atom is -0.382 e. The second kappa shape index (κ2) is 4.82. The number of hydrogen-bond donors (Lipinski definition) is 1. The maximum atomic E-state index is 11.9. The van der Waals surface area contributed by atoms with Crippen LogP contribution < -0.4 is 10.6 Å². The number of hydrogen-bond acceptors (Lipinski definition) is 3. The molecule has 0 aliphatic carbocycles. The molecular weight excluding hydrogens is 305 g/mol. The molecule has 1 aromatic rings. The Morgan fingerprint density at radius 1 is 1.71 bits per heavy atom. The molecule has 1 aromatic heterocycles. The summed E-state index contributed by atoms with van der Waals surface area (Å²) in [5, 5.41) is 0. The fourth-order valence-corrected chi connectivity index (χ4v) is 2.53. The van der Waals surface area contributed by atoms with Crippen LogP contribution in [-0.2, 0) is 4.79 Å². The van der Waals surface area contributed by atoms with Gasteiger partial charge in [-0.2, -0.15) is 0 Å². The third-order valence-corrected chi connectivity index (χ3v) is 4.20. The Hall–Kier alpha value is -0.810. The van der Waals surface area contributed by atoms with Crippen molar-refractivity contribution in [2.45, 2.75) is 13.3 Å². The van der Waals surface area contributed by atoms with Gasteiger partial charge in [-0.3, -0.25) is 4.79 Å². The van der Waals surface area contributed by atoms with E-state index in [1.54, 1.807) is 11.1 Å². The minimum absolute atomic E-state index is 0.0605. The Balaban J connectivity index is 2.41. The number of amides is 1. The van der Waals surface area contributed by atoms with E-state index >= 15 is 0 Å². The molecule has 1 aliphatic rings. The van der Waals surface area contributed by atoms with E-state index in [4.69, 9.17) is 17.3 Å². The molecule has 6 heteroatoms. The molecule has 2 rings (SSSR count). The van der Waals surface area contributed by atoms with Crippen LogP contribution in [0.2, 0.25) is 0 Å². The average molecular weight is 319 g/mol. The van der Waals surface area contributed by atoms with Crippen LogP contribution in [0.25, 0.3) is 0 Å². The van der Waals surface area contributed by atoms with Crippen LogP contribution in [0.1, 0.15) is 12.0 Å². The van der Waals surface area contributed by atoms with Crippen LogP contribution >= 0.6 is 27.5 Å². The van der Waals surface area contributed by atoms with Crippen molar-refractivity contribution in [2.24, 2.45) is 5.92 Å². The van der Waals surface area contributed by atoms with Gasteiger partial charge in [-0.05, 0) is 34.3 Å². The number of carbonyl (C=O) groups excluding carboxylic acids is 1. The van der Waals surface area contributed by atoms with Crippen LogP contribution in [0.3, 0.4) is 0 Å².